The second-order valence-electron chi connectivity index (χ2n) is 8.45. The lowest BCUT2D eigenvalue weighted by Gasteiger charge is -2.27. The van der Waals surface area contributed by atoms with E-state index in [-0.39, 0.29) is 0 Å². The fourth-order valence-electron chi connectivity index (χ4n) is 4.19. The van der Waals surface area contributed by atoms with E-state index in [1.807, 2.05) is 0 Å². The molecule has 0 saturated heterocycles. The van der Waals surface area contributed by atoms with Crippen molar-refractivity contribution in [3.05, 3.63) is 93.0 Å². The monoisotopic (exact) mass is 572 g/mol. The summed E-state index contributed by atoms with van der Waals surface area (Å²) >= 11 is 0. The van der Waals surface area contributed by atoms with Crippen molar-refractivity contribution in [2.24, 2.45) is 0 Å². The van der Waals surface area contributed by atoms with Crippen LogP contribution in [0.1, 0.15) is 35.8 Å². The zero-order valence-electron chi connectivity index (χ0n) is 20.5. The second-order valence-corrected chi connectivity index (χ2v) is 8.45. The molecular weight excluding hydrogens is 554 g/mol. The summed E-state index contributed by atoms with van der Waals surface area (Å²) in [5.41, 5.74) is -3.35. The number of Topliss-reactive ketones (excluding diaryl/α,β-unsaturated/α-hetero) is 2. The molecule has 0 radical (unpaired) electrons. The van der Waals surface area contributed by atoms with E-state index in [1.54, 1.807) is 0 Å². The number of rotatable bonds is 8. The third-order valence-electron chi connectivity index (χ3n) is 6.14. The first-order chi connectivity index (χ1) is 18.7. The Labute approximate surface area is 221 Å². The summed E-state index contributed by atoms with van der Waals surface area (Å²) in [7, 11) is 1.81. The molecule has 0 aromatic heterocycles. The van der Waals surface area contributed by atoms with Gasteiger partial charge in [-0.1, -0.05) is 0 Å². The van der Waals surface area contributed by atoms with Crippen LogP contribution >= 0.6 is 0 Å². The molecular formula is C26H18F6O8. The number of ether oxygens (including phenoxy) is 2. The minimum absolute atomic E-state index is 0.379. The number of allylic oxidation sites excluding steroid dienone is 2. The molecule has 0 unspecified atom stereocenters. The van der Waals surface area contributed by atoms with E-state index < -0.39 is 117 Å². The van der Waals surface area contributed by atoms with Gasteiger partial charge >= 0.3 is 11.9 Å². The first-order valence-electron chi connectivity index (χ1n) is 11.1. The molecule has 2 aromatic carbocycles. The summed E-state index contributed by atoms with van der Waals surface area (Å²) in [5.74, 6) is -22.9. The van der Waals surface area contributed by atoms with E-state index in [4.69, 9.17) is 0 Å². The van der Waals surface area contributed by atoms with Gasteiger partial charge < -0.3 is 19.7 Å². The Morgan fingerprint density at radius 1 is 0.650 bits per heavy atom. The van der Waals surface area contributed by atoms with Gasteiger partial charge in [-0.05, 0) is 35.4 Å². The van der Waals surface area contributed by atoms with Gasteiger partial charge in [-0.25, -0.2) is 26.3 Å². The van der Waals surface area contributed by atoms with Crippen molar-refractivity contribution in [1.82, 2.24) is 0 Å². The molecule has 2 aromatic rings. The van der Waals surface area contributed by atoms with Crippen LogP contribution in [0.3, 0.4) is 0 Å². The standard InChI is InChI=1S/C26H18F6O8/c1-39-17(33)7-11(9-3-13(27)21(31)14(28)4-9)19-23(35)25(37)20(26(38)24(19)36)12(8-18(34)40-2)10-5-15(29)22(32)16(30)6-10/h3-6,11-12,35,38H,7-8H2,1-2H3/t11-,12-/m1/s1. The molecule has 0 spiro atoms. The smallest absolute Gasteiger partial charge is 0.306 e. The molecule has 0 amide bonds. The lowest BCUT2D eigenvalue weighted by Crippen LogP contribution is -2.31. The Hall–Kier alpha value is -4.62. The van der Waals surface area contributed by atoms with E-state index in [2.05, 4.69) is 9.47 Å². The molecule has 212 valence electrons. The summed E-state index contributed by atoms with van der Waals surface area (Å²) in [4.78, 5) is 50.6. The van der Waals surface area contributed by atoms with Crippen LogP contribution < -0.4 is 0 Å². The molecule has 2 atom stereocenters. The predicted molar refractivity (Wildman–Crippen MR) is 121 cm³/mol. The molecule has 0 fully saturated rings. The predicted octanol–water partition coefficient (Wildman–Crippen LogP) is 4.29. The minimum Gasteiger partial charge on any atom is -0.504 e. The highest BCUT2D eigenvalue weighted by Crippen LogP contribution is 2.41. The first-order valence-corrected chi connectivity index (χ1v) is 11.1. The van der Waals surface area contributed by atoms with Crippen LogP contribution in [0.4, 0.5) is 26.3 Å². The summed E-state index contributed by atoms with van der Waals surface area (Å²) in [5, 5.41) is 21.5. The van der Waals surface area contributed by atoms with Crippen molar-refractivity contribution in [2.45, 2.75) is 24.7 Å². The highest BCUT2D eigenvalue weighted by Gasteiger charge is 2.43. The zero-order chi connectivity index (χ0) is 30.0. The molecule has 0 bridgehead atoms. The maximum absolute atomic E-state index is 14.0. The number of aliphatic hydroxyl groups is 2. The van der Waals surface area contributed by atoms with Gasteiger partial charge in [0.15, 0.2) is 46.4 Å². The molecule has 14 heteroatoms. The van der Waals surface area contributed by atoms with Crippen molar-refractivity contribution in [3.8, 4) is 0 Å². The molecule has 1 aliphatic rings. The van der Waals surface area contributed by atoms with Crippen molar-refractivity contribution in [1.29, 1.82) is 0 Å². The molecule has 3 rings (SSSR count). The van der Waals surface area contributed by atoms with E-state index in [0.717, 1.165) is 14.2 Å². The van der Waals surface area contributed by atoms with Crippen molar-refractivity contribution < 1.29 is 65.2 Å². The number of hydrogen-bond acceptors (Lipinski definition) is 8. The maximum Gasteiger partial charge on any atom is 0.306 e. The van der Waals surface area contributed by atoms with E-state index in [0.29, 0.717) is 24.3 Å². The van der Waals surface area contributed by atoms with Crippen LogP contribution in [-0.2, 0) is 28.7 Å². The lowest BCUT2D eigenvalue weighted by molar-refractivity contribution is -0.142. The van der Waals surface area contributed by atoms with Gasteiger partial charge in [-0.15, -0.1) is 0 Å². The molecule has 0 heterocycles. The number of benzene rings is 2. The van der Waals surface area contributed by atoms with Gasteiger partial charge in [0.1, 0.15) is 0 Å². The Morgan fingerprint density at radius 3 is 1.18 bits per heavy atom. The lowest BCUT2D eigenvalue weighted by atomic mass is 9.75. The van der Waals surface area contributed by atoms with Crippen molar-refractivity contribution in [3.63, 3.8) is 0 Å². The minimum atomic E-state index is -1.90. The topological polar surface area (TPSA) is 127 Å². The summed E-state index contributed by atoms with van der Waals surface area (Å²) in [6.45, 7) is 0. The number of carbonyl (C=O) groups excluding carboxylic acids is 4. The molecule has 8 nitrogen and oxygen atoms in total. The zero-order valence-corrected chi connectivity index (χ0v) is 20.5. The fourth-order valence-corrected chi connectivity index (χ4v) is 4.19. The van der Waals surface area contributed by atoms with E-state index in [9.17, 15) is 55.7 Å². The number of halogens is 6. The highest BCUT2D eigenvalue weighted by molar-refractivity contribution is 6.24. The molecule has 2 N–H and O–H groups in total. The third-order valence-corrected chi connectivity index (χ3v) is 6.14. The van der Waals surface area contributed by atoms with Gasteiger partial charge in [-0.3, -0.25) is 19.2 Å². The third kappa shape index (κ3) is 5.55. The van der Waals surface area contributed by atoms with Crippen LogP contribution in [0.5, 0.6) is 0 Å². The van der Waals surface area contributed by atoms with Crippen LogP contribution in [-0.4, -0.2) is 47.9 Å². The van der Waals surface area contributed by atoms with Gasteiger partial charge in [-0.2, -0.15) is 0 Å². The largest absolute Gasteiger partial charge is 0.504 e. The van der Waals surface area contributed by atoms with Crippen LogP contribution in [0.25, 0.3) is 0 Å². The Morgan fingerprint density at radius 2 is 0.925 bits per heavy atom. The Balaban J connectivity index is 2.23. The highest BCUT2D eigenvalue weighted by atomic mass is 19.2. The number of esters is 2. The van der Waals surface area contributed by atoms with Crippen molar-refractivity contribution in [2.75, 3.05) is 14.2 Å². The number of hydrogen-bond donors (Lipinski definition) is 2. The second kappa shape index (κ2) is 11.6. The fraction of sp³-hybridized carbons (Fsp3) is 0.231. The van der Waals surface area contributed by atoms with E-state index >= 15 is 0 Å². The summed E-state index contributed by atoms with van der Waals surface area (Å²) in [6.07, 6.45) is -1.88. The first kappa shape index (κ1) is 29.9. The van der Waals surface area contributed by atoms with Crippen LogP contribution in [0, 0.1) is 34.9 Å². The average Bonchev–Trinajstić information content (AvgIpc) is 2.91. The van der Waals surface area contributed by atoms with Crippen LogP contribution in [0.15, 0.2) is 46.9 Å². The Bertz CT molecular complexity index is 1340. The summed E-state index contributed by atoms with van der Waals surface area (Å²) in [6, 6.07) is 1.52. The molecule has 1 aliphatic carbocycles. The maximum atomic E-state index is 14.0. The average molecular weight is 572 g/mol. The van der Waals surface area contributed by atoms with Crippen LogP contribution in [0.2, 0.25) is 0 Å². The number of methoxy groups -OCH3 is 2. The normalized spacial score (nSPS) is 15.3. The Kier molecular flexibility index (Phi) is 8.71. The molecule has 0 saturated carbocycles. The van der Waals surface area contributed by atoms with Gasteiger partial charge in [0.25, 0.3) is 0 Å². The quantitative estimate of drug-likeness (QED) is 0.208. The SMILES string of the molecule is COC(=O)C[C@@H](C1=C(O)C(=O)C([C@H](CC(=O)OC)c2cc(F)c(F)c(F)c2)=C(O)C1=O)c1cc(F)c(F)c(F)c1. The number of carbonyl (C=O) groups is 4. The van der Waals surface area contributed by atoms with E-state index in [1.165, 1.54) is 0 Å². The van der Waals surface area contributed by atoms with Gasteiger partial charge in [0, 0.05) is 11.8 Å². The van der Waals surface area contributed by atoms with Gasteiger partial charge in [0.05, 0.1) is 38.2 Å². The van der Waals surface area contributed by atoms with Crippen molar-refractivity contribution >= 4 is 23.5 Å². The number of aliphatic hydroxyl groups excluding tert-OH is 2. The molecule has 40 heavy (non-hydrogen) atoms. The molecule has 0 aliphatic heterocycles. The van der Waals surface area contributed by atoms with Gasteiger partial charge in [0.2, 0.25) is 11.6 Å². The summed E-state index contributed by atoms with van der Waals surface area (Å²) < 4.78 is 92.0. The number of ketones is 2.